The summed E-state index contributed by atoms with van der Waals surface area (Å²) < 4.78 is 0. The highest BCUT2D eigenvalue weighted by Crippen LogP contribution is 2.31. The molecule has 1 aliphatic heterocycles. The lowest BCUT2D eigenvalue weighted by molar-refractivity contribution is -0.384. The lowest BCUT2D eigenvalue weighted by atomic mass is 10.1. The van der Waals surface area contributed by atoms with Gasteiger partial charge in [0.05, 0.1) is 11.5 Å². The van der Waals surface area contributed by atoms with Gasteiger partial charge in [-0.1, -0.05) is 0 Å². The largest absolute Gasteiger partial charge is 0.372 e. The fourth-order valence-corrected chi connectivity index (χ4v) is 1.64. The Balaban J connectivity index is 2.60. The molecule has 15 heavy (non-hydrogen) atoms. The Morgan fingerprint density at radius 1 is 1.47 bits per heavy atom. The third kappa shape index (κ3) is 1.56. The minimum Gasteiger partial charge on any atom is -0.372 e. The first-order valence-electron chi connectivity index (χ1n) is 4.58. The summed E-state index contributed by atoms with van der Waals surface area (Å²) in [5.74, 6) is 0. The second-order valence-electron chi connectivity index (χ2n) is 3.66. The monoisotopic (exact) mass is 205 g/mol. The van der Waals surface area contributed by atoms with Gasteiger partial charge in [-0.25, -0.2) is 0 Å². The third-order valence-corrected chi connectivity index (χ3v) is 2.41. The molecule has 0 spiro atoms. The summed E-state index contributed by atoms with van der Waals surface area (Å²) in [4.78, 5) is 16.3. The SMILES string of the molecule is CN(C)c1cc2c(cc1[N+](=O)[O-])C=NC2. The molecule has 0 aliphatic carbocycles. The number of anilines is 1. The van der Waals surface area contributed by atoms with Gasteiger partial charge >= 0.3 is 0 Å². The molecule has 0 fully saturated rings. The van der Waals surface area contributed by atoms with Crippen molar-refractivity contribution in [3.63, 3.8) is 0 Å². The molecule has 0 bridgehead atoms. The van der Waals surface area contributed by atoms with E-state index in [2.05, 4.69) is 4.99 Å². The lowest BCUT2D eigenvalue weighted by Crippen LogP contribution is -2.11. The van der Waals surface area contributed by atoms with Gasteiger partial charge in [0.25, 0.3) is 5.69 Å². The van der Waals surface area contributed by atoms with Gasteiger partial charge in [-0.15, -0.1) is 0 Å². The Morgan fingerprint density at radius 2 is 2.20 bits per heavy atom. The second-order valence-corrected chi connectivity index (χ2v) is 3.66. The van der Waals surface area contributed by atoms with E-state index in [1.165, 1.54) is 0 Å². The highest BCUT2D eigenvalue weighted by Gasteiger charge is 2.20. The van der Waals surface area contributed by atoms with Crippen molar-refractivity contribution in [2.45, 2.75) is 6.54 Å². The van der Waals surface area contributed by atoms with Crippen LogP contribution in [0, 0.1) is 10.1 Å². The fraction of sp³-hybridized carbons (Fsp3) is 0.300. The van der Waals surface area contributed by atoms with Gasteiger partial charge in [0.2, 0.25) is 0 Å². The van der Waals surface area contributed by atoms with E-state index in [-0.39, 0.29) is 10.6 Å². The van der Waals surface area contributed by atoms with Crippen molar-refractivity contribution in [3.8, 4) is 0 Å². The zero-order valence-corrected chi connectivity index (χ0v) is 8.60. The maximum absolute atomic E-state index is 10.9. The topological polar surface area (TPSA) is 58.7 Å². The number of nitro groups is 1. The average Bonchev–Trinajstić information content (AvgIpc) is 2.61. The van der Waals surface area contributed by atoms with Crippen LogP contribution in [0.3, 0.4) is 0 Å². The summed E-state index contributed by atoms with van der Waals surface area (Å²) in [7, 11) is 3.59. The fourth-order valence-electron chi connectivity index (χ4n) is 1.64. The van der Waals surface area contributed by atoms with Crippen LogP contribution in [0.5, 0.6) is 0 Å². The van der Waals surface area contributed by atoms with Crippen molar-refractivity contribution in [2.75, 3.05) is 19.0 Å². The van der Waals surface area contributed by atoms with Gasteiger partial charge in [0, 0.05) is 31.9 Å². The summed E-state index contributed by atoms with van der Waals surface area (Å²) in [5, 5.41) is 10.9. The molecule has 0 atom stereocenters. The molecule has 78 valence electrons. The summed E-state index contributed by atoms with van der Waals surface area (Å²) in [6, 6.07) is 3.42. The molecule has 0 saturated heterocycles. The van der Waals surface area contributed by atoms with Crippen LogP contribution >= 0.6 is 0 Å². The summed E-state index contributed by atoms with van der Waals surface area (Å²) in [6.07, 6.45) is 1.68. The number of rotatable bonds is 2. The van der Waals surface area contributed by atoms with Gasteiger partial charge < -0.3 is 4.90 Å². The van der Waals surface area contributed by atoms with Crippen LogP contribution in [-0.2, 0) is 6.54 Å². The first-order valence-corrected chi connectivity index (χ1v) is 4.58. The van der Waals surface area contributed by atoms with Crippen molar-refractivity contribution >= 4 is 17.6 Å². The van der Waals surface area contributed by atoms with Crippen molar-refractivity contribution < 1.29 is 4.92 Å². The molecule has 1 aliphatic rings. The Hall–Kier alpha value is -1.91. The predicted octanol–water partition coefficient (Wildman–Crippen LogP) is 1.59. The highest BCUT2D eigenvalue weighted by atomic mass is 16.6. The van der Waals surface area contributed by atoms with Gasteiger partial charge in [-0.3, -0.25) is 15.1 Å². The van der Waals surface area contributed by atoms with Crippen LogP contribution in [0.15, 0.2) is 17.1 Å². The maximum Gasteiger partial charge on any atom is 0.293 e. The van der Waals surface area contributed by atoms with E-state index in [0.717, 1.165) is 11.1 Å². The van der Waals surface area contributed by atoms with E-state index in [1.807, 2.05) is 6.07 Å². The van der Waals surface area contributed by atoms with Crippen LogP contribution in [0.25, 0.3) is 0 Å². The Morgan fingerprint density at radius 3 is 2.80 bits per heavy atom. The summed E-state index contributed by atoms with van der Waals surface area (Å²) >= 11 is 0. The number of benzene rings is 1. The smallest absolute Gasteiger partial charge is 0.293 e. The quantitative estimate of drug-likeness (QED) is 0.544. The van der Waals surface area contributed by atoms with Crippen LogP contribution < -0.4 is 4.90 Å². The molecule has 5 heteroatoms. The van der Waals surface area contributed by atoms with Crippen LogP contribution in [-0.4, -0.2) is 25.2 Å². The predicted molar refractivity (Wildman–Crippen MR) is 58.7 cm³/mol. The molecule has 0 saturated carbocycles. The Kier molecular flexibility index (Phi) is 2.15. The Bertz CT molecular complexity index is 452. The molecule has 1 aromatic rings. The molecule has 1 heterocycles. The van der Waals surface area contributed by atoms with Crippen molar-refractivity contribution in [1.29, 1.82) is 0 Å². The zero-order valence-electron chi connectivity index (χ0n) is 8.60. The molecule has 2 rings (SSSR count). The van der Waals surface area contributed by atoms with Gasteiger partial charge in [-0.2, -0.15) is 0 Å². The number of hydrogen-bond acceptors (Lipinski definition) is 4. The molecular formula is C10H11N3O2. The van der Waals surface area contributed by atoms with Gasteiger partial charge in [-0.05, 0) is 11.6 Å². The summed E-state index contributed by atoms with van der Waals surface area (Å²) in [6.45, 7) is 0.619. The molecule has 0 radical (unpaired) electrons. The minimum atomic E-state index is -0.359. The van der Waals surface area contributed by atoms with E-state index in [0.29, 0.717) is 12.2 Å². The normalized spacial score (nSPS) is 12.7. The van der Waals surface area contributed by atoms with Crippen LogP contribution in [0.4, 0.5) is 11.4 Å². The molecule has 0 unspecified atom stereocenters. The number of aliphatic imine (C=N–C) groups is 1. The molecule has 1 aromatic carbocycles. The molecule has 0 amide bonds. The van der Waals surface area contributed by atoms with Gasteiger partial charge in [0.15, 0.2) is 0 Å². The van der Waals surface area contributed by atoms with Crippen molar-refractivity contribution in [2.24, 2.45) is 4.99 Å². The molecular weight excluding hydrogens is 194 g/mol. The van der Waals surface area contributed by atoms with E-state index < -0.39 is 0 Å². The highest BCUT2D eigenvalue weighted by molar-refractivity contribution is 5.87. The molecule has 5 nitrogen and oxygen atoms in total. The molecule has 0 N–H and O–H groups in total. The first kappa shape index (κ1) is 9.64. The zero-order chi connectivity index (χ0) is 11.0. The Labute approximate surface area is 87.2 Å². The van der Waals surface area contributed by atoms with Crippen molar-refractivity contribution in [3.05, 3.63) is 33.4 Å². The van der Waals surface area contributed by atoms with Gasteiger partial charge in [0.1, 0.15) is 5.69 Å². The summed E-state index contributed by atoms with van der Waals surface area (Å²) in [5.41, 5.74) is 2.66. The van der Waals surface area contributed by atoms with E-state index in [1.54, 1.807) is 31.3 Å². The average molecular weight is 205 g/mol. The van der Waals surface area contributed by atoms with E-state index in [9.17, 15) is 10.1 Å². The lowest BCUT2D eigenvalue weighted by Gasteiger charge is -2.13. The van der Waals surface area contributed by atoms with E-state index in [4.69, 9.17) is 0 Å². The second kappa shape index (κ2) is 3.34. The first-order chi connectivity index (χ1) is 7.09. The number of fused-ring (bicyclic) bond motifs is 1. The van der Waals surface area contributed by atoms with Crippen LogP contribution in [0.2, 0.25) is 0 Å². The molecule has 0 aromatic heterocycles. The number of nitro benzene ring substituents is 1. The number of nitrogens with zero attached hydrogens (tertiary/aromatic N) is 3. The third-order valence-electron chi connectivity index (χ3n) is 2.41. The minimum absolute atomic E-state index is 0.132. The number of hydrogen-bond donors (Lipinski definition) is 0. The van der Waals surface area contributed by atoms with Crippen LogP contribution in [0.1, 0.15) is 11.1 Å². The maximum atomic E-state index is 10.9. The van der Waals surface area contributed by atoms with Crippen molar-refractivity contribution in [1.82, 2.24) is 0 Å². The standard InChI is InChI=1S/C10H11N3O2/c1-12(2)9-3-7-5-11-6-8(7)4-10(9)13(14)15/h3-4,6H,5H2,1-2H3. The van der Waals surface area contributed by atoms with E-state index >= 15 is 0 Å².